The van der Waals surface area contributed by atoms with E-state index in [0.717, 1.165) is 0 Å². The van der Waals surface area contributed by atoms with Crippen LogP contribution >= 0.6 is 27.5 Å². The number of nitro groups is 1. The average molecular weight is 375 g/mol. The molecule has 0 bridgehead atoms. The zero-order chi connectivity index (χ0) is 15.6. The lowest BCUT2D eigenvalue weighted by atomic mass is 10.00. The Kier molecular flexibility index (Phi) is 4.92. The van der Waals surface area contributed by atoms with Crippen molar-refractivity contribution < 1.29 is 14.4 Å². The first-order valence-corrected chi connectivity index (χ1v) is 7.12. The molecule has 110 valence electrons. The van der Waals surface area contributed by atoms with E-state index in [0.29, 0.717) is 10.0 Å². The fraction of sp³-hybridized carbons (Fsp3) is 0.143. The van der Waals surface area contributed by atoms with Gasteiger partial charge in [-0.1, -0.05) is 33.6 Å². The Hall–Kier alpha value is -1.50. The van der Waals surface area contributed by atoms with Crippen LogP contribution in [-0.4, -0.2) is 10.0 Å². The van der Waals surface area contributed by atoms with Crippen LogP contribution in [0.5, 0.6) is 0 Å². The molecule has 0 heterocycles. The molecular formula is C14H10BrClFNO3. The summed E-state index contributed by atoms with van der Waals surface area (Å²) >= 11 is 9.10. The molecule has 0 amide bonds. The molecule has 2 aromatic carbocycles. The number of rotatable bonds is 4. The minimum absolute atomic E-state index is 0.0616. The van der Waals surface area contributed by atoms with Gasteiger partial charge in [-0.05, 0) is 24.3 Å². The summed E-state index contributed by atoms with van der Waals surface area (Å²) in [6.45, 7) is 0. The number of nitro benzene ring substituents is 1. The number of nitrogens with zero attached hydrogens (tertiary/aromatic N) is 1. The van der Waals surface area contributed by atoms with Gasteiger partial charge < -0.3 is 5.11 Å². The number of aliphatic hydroxyl groups excluding tert-OH is 1. The van der Waals surface area contributed by atoms with Crippen molar-refractivity contribution in [2.75, 3.05) is 0 Å². The first kappa shape index (κ1) is 15.9. The second-order valence-electron chi connectivity index (χ2n) is 4.39. The molecule has 0 aliphatic carbocycles. The van der Waals surface area contributed by atoms with E-state index in [4.69, 9.17) is 11.6 Å². The summed E-state index contributed by atoms with van der Waals surface area (Å²) in [7, 11) is 0. The fourth-order valence-electron chi connectivity index (χ4n) is 2.04. The summed E-state index contributed by atoms with van der Waals surface area (Å²) in [4.78, 5) is 10.4. The molecule has 0 radical (unpaired) electrons. The molecule has 0 fully saturated rings. The van der Waals surface area contributed by atoms with Crippen molar-refractivity contribution in [1.82, 2.24) is 0 Å². The van der Waals surface area contributed by atoms with E-state index in [1.54, 1.807) is 0 Å². The predicted octanol–water partition coefficient (Wildman–Crippen LogP) is 4.43. The predicted molar refractivity (Wildman–Crippen MR) is 80.9 cm³/mol. The number of halogens is 3. The zero-order valence-corrected chi connectivity index (χ0v) is 12.9. The summed E-state index contributed by atoms with van der Waals surface area (Å²) in [5.41, 5.74) is 0.0966. The quantitative estimate of drug-likeness (QED) is 0.636. The van der Waals surface area contributed by atoms with Crippen molar-refractivity contribution in [3.8, 4) is 0 Å². The first-order chi connectivity index (χ1) is 9.90. The fourth-order valence-corrected chi connectivity index (χ4v) is 2.73. The summed E-state index contributed by atoms with van der Waals surface area (Å²) in [6, 6.07) is 8.45. The van der Waals surface area contributed by atoms with E-state index in [2.05, 4.69) is 15.9 Å². The van der Waals surface area contributed by atoms with E-state index in [9.17, 15) is 19.6 Å². The normalized spacial score (nSPS) is 12.2. The molecule has 1 unspecified atom stereocenters. The van der Waals surface area contributed by atoms with Gasteiger partial charge >= 0.3 is 0 Å². The van der Waals surface area contributed by atoms with Crippen LogP contribution in [0, 0.1) is 15.9 Å². The molecule has 0 aliphatic rings. The maximum Gasteiger partial charge on any atom is 0.272 e. The van der Waals surface area contributed by atoms with Crippen LogP contribution in [0.25, 0.3) is 0 Å². The Balaban J connectivity index is 2.38. The highest BCUT2D eigenvalue weighted by molar-refractivity contribution is 9.10. The standard InChI is InChI=1S/C14H10BrClFNO3/c15-9-4-5-12(18(20)21)8(6-9)7-13(19)14-10(16)2-1-3-11(14)17/h1-6,13,19H,7H2. The van der Waals surface area contributed by atoms with E-state index < -0.39 is 16.8 Å². The van der Waals surface area contributed by atoms with Crippen molar-refractivity contribution in [3.63, 3.8) is 0 Å². The molecule has 2 rings (SSSR count). The van der Waals surface area contributed by atoms with Gasteiger partial charge in [0.25, 0.3) is 5.69 Å². The van der Waals surface area contributed by atoms with Gasteiger partial charge in [0.15, 0.2) is 0 Å². The van der Waals surface area contributed by atoms with Crippen LogP contribution in [0.15, 0.2) is 40.9 Å². The third-order valence-corrected chi connectivity index (χ3v) is 3.81. The maximum absolute atomic E-state index is 13.8. The monoisotopic (exact) mass is 373 g/mol. The number of aliphatic hydroxyl groups is 1. The lowest BCUT2D eigenvalue weighted by molar-refractivity contribution is -0.385. The minimum Gasteiger partial charge on any atom is -0.388 e. The minimum atomic E-state index is -1.27. The second-order valence-corrected chi connectivity index (χ2v) is 5.71. The van der Waals surface area contributed by atoms with E-state index in [1.807, 2.05) is 0 Å². The molecule has 1 atom stereocenters. The van der Waals surface area contributed by atoms with Crippen molar-refractivity contribution in [1.29, 1.82) is 0 Å². The van der Waals surface area contributed by atoms with Crippen LogP contribution in [-0.2, 0) is 6.42 Å². The van der Waals surface area contributed by atoms with Gasteiger partial charge in [0.1, 0.15) is 5.82 Å². The lowest BCUT2D eigenvalue weighted by Crippen LogP contribution is -2.07. The molecule has 0 saturated carbocycles. The van der Waals surface area contributed by atoms with Gasteiger partial charge in [-0.3, -0.25) is 10.1 Å². The number of benzene rings is 2. The van der Waals surface area contributed by atoms with Crippen LogP contribution < -0.4 is 0 Å². The van der Waals surface area contributed by atoms with Crippen molar-refractivity contribution in [2.24, 2.45) is 0 Å². The maximum atomic E-state index is 13.8. The van der Waals surface area contributed by atoms with Crippen LogP contribution in [0.1, 0.15) is 17.2 Å². The highest BCUT2D eigenvalue weighted by Gasteiger charge is 2.22. The summed E-state index contributed by atoms with van der Waals surface area (Å²) in [6.07, 6.45) is -1.39. The molecule has 2 aromatic rings. The molecular weight excluding hydrogens is 365 g/mol. The largest absolute Gasteiger partial charge is 0.388 e. The summed E-state index contributed by atoms with van der Waals surface area (Å²) < 4.78 is 14.4. The Morgan fingerprint density at radius 2 is 2.10 bits per heavy atom. The highest BCUT2D eigenvalue weighted by Crippen LogP contribution is 2.32. The zero-order valence-electron chi connectivity index (χ0n) is 10.6. The molecule has 7 heteroatoms. The van der Waals surface area contributed by atoms with Crippen LogP contribution in [0.3, 0.4) is 0 Å². The summed E-state index contributed by atoms with van der Waals surface area (Å²) in [5, 5.41) is 21.2. The van der Waals surface area contributed by atoms with Crippen molar-refractivity contribution in [2.45, 2.75) is 12.5 Å². The van der Waals surface area contributed by atoms with Gasteiger partial charge in [0, 0.05) is 33.1 Å². The average Bonchev–Trinajstić information content (AvgIpc) is 2.38. The number of hydrogen-bond acceptors (Lipinski definition) is 3. The van der Waals surface area contributed by atoms with E-state index >= 15 is 0 Å². The van der Waals surface area contributed by atoms with Gasteiger partial charge in [0.2, 0.25) is 0 Å². The smallest absolute Gasteiger partial charge is 0.272 e. The molecule has 0 saturated heterocycles. The first-order valence-electron chi connectivity index (χ1n) is 5.95. The van der Waals surface area contributed by atoms with Crippen molar-refractivity contribution >= 4 is 33.2 Å². The van der Waals surface area contributed by atoms with Gasteiger partial charge in [-0.15, -0.1) is 0 Å². The van der Waals surface area contributed by atoms with Crippen LogP contribution in [0.2, 0.25) is 5.02 Å². The van der Waals surface area contributed by atoms with E-state index in [-0.39, 0.29) is 22.7 Å². The molecule has 4 nitrogen and oxygen atoms in total. The third kappa shape index (κ3) is 3.58. The lowest BCUT2D eigenvalue weighted by Gasteiger charge is -2.14. The molecule has 21 heavy (non-hydrogen) atoms. The Morgan fingerprint density at radius 1 is 1.38 bits per heavy atom. The molecule has 1 N–H and O–H groups in total. The third-order valence-electron chi connectivity index (χ3n) is 2.98. The molecule has 0 aliphatic heterocycles. The number of hydrogen-bond donors (Lipinski definition) is 1. The second kappa shape index (κ2) is 6.51. The topological polar surface area (TPSA) is 63.4 Å². The van der Waals surface area contributed by atoms with Crippen molar-refractivity contribution in [3.05, 3.63) is 73.0 Å². The molecule has 0 aromatic heterocycles. The Labute approximate surface area is 133 Å². The SMILES string of the molecule is O=[N+]([O-])c1ccc(Br)cc1CC(O)c1c(F)cccc1Cl. The van der Waals surface area contributed by atoms with Gasteiger partial charge in [-0.25, -0.2) is 4.39 Å². The van der Waals surface area contributed by atoms with E-state index in [1.165, 1.54) is 36.4 Å². The van der Waals surface area contributed by atoms with Gasteiger partial charge in [-0.2, -0.15) is 0 Å². The van der Waals surface area contributed by atoms with Crippen LogP contribution in [0.4, 0.5) is 10.1 Å². The molecule has 0 spiro atoms. The van der Waals surface area contributed by atoms with Gasteiger partial charge in [0.05, 0.1) is 11.0 Å². The summed E-state index contributed by atoms with van der Waals surface area (Å²) in [5.74, 6) is -0.646. The Bertz CT molecular complexity index is 676. The Morgan fingerprint density at radius 3 is 2.71 bits per heavy atom. The highest BCUT2D eigenvalue weighted by atomic mass is 79.9.